The van der Waals surface area contributed by atoms with Gasteiger partial charge in [0.05, 0.1) is 25.4 Å². The summed E-state index contributed by atoms with van der Waals surface area (Å²) in [6.07, 6.45) is 46.9. The van der Waals surface area contributed by atoms with Gasteiger partial charge in [-0.25, -0.2) is 4.57 Å². The first-order chi connectivity index (χ1) is 28.6. The Bertz CT molecular complexity index is 1390. The summed E-state index contributed by atoms with van der Waals surface area (Å²) < 4.78 is 38.3. The Balaban J connectivity index is 2.37. The molecule has 0 bridgehead atoms. The van der Waals surface area contributed by atoms with Crippen molar-refractivity contribution in [3.63, 3.8) is 0 Å². The van der Waals surface area contributed by atoms with E-state index >= 15 is 0 Å². The maximum absolute atomic E-state index is 12.6. The van der Waals surface area contributed by atoms with Crippen LogP contribution in [-0.2, 0) is 42.2 Å². The molecule has 12 nitrogen and oxygen atoms in total. The lowest BCUT2D eigenvalue weighted by molar-refractivity contribution is -0.161. The maximum atomic E-state index is 12.6. The van der Waals surface area contributed by atoms with Crippen LogP contribution in [0.1, 0.15) is 142 Å². The molecule has 0 saturated carbocycles. The van der Waals surface area contributed by atoms with Crippen molar-refractivity contribution in [3.8, 4) is 0 Å². The molecule has 0 aromatic carbocycles. The standard InChI is InChI=1S/C46H74NO11P/c1-3-5-7-8-9-10-11-12-13-14-15-16-17-21-24-27-31-35-44(48)54-37-40(38-55-59(52,53)56-39-41(47)46(50)51)57-45(49)36-32-28-25-22-19-18-20-23-26-30-34-43-42(58-43)33-29-6-4-2/h9-10,12-13,15-16,18,20-22,24-26,30,40-43H,3-8,11,14,17,19,23,27-29,31-39,47H2,1-2H3,(H,50,51)(H,52,53)/b10-9-,13-12-,16-15-,20-18-,24-21-,25-22-,30-26-/t40-,41+,42?,43?/m1/s1. The van der Waals surface area contributed by atoms with Gasteiger partial charge >= 0.3 is 25.7 Å². The molecule has 1 heterocycles. The minimum Gasteiger partial charge on any atom is -0.480 e. The van der Waals surface area contributed by atoms with Gasteiger partial charge in [0.15, 0.2) is 6.10 Å². The monoisotopic (exact) mass is 847 g/mol. The molecule has 4 N–H and O–H groups in total. The van der Waals surface area contributed by atoms with Gasteiger partial charge in [0.25, 0.3) is 0 Å². The average Bonchev–Trinajstić information content (AvgIpc) is 3.97. The van der Waals surface area contributed by atoms with Crippen molar-refractivity contribution in [1.29, 1.82) is 0 Å². The van der Waals surface area contributed by atoms with E-state index in [0.717, 1.165) is 44.9 Å². The number of esters is 2. The quantitative estimate of drug-likeness (QED) is 0.0176. The number of aliphatic carboxylic acids is 1. The summed E-state index contributed by atoms with van der Waals surface area (Å²) in [6.45, 7) is 2.60. The van der Waals surface area contributed by atoms with E-state index in [1.54, 1.807) is 0 Å². The number of carboxylic acid groups (broad SMARTS) is 1. The molecule has 1 fully saturated rings. The number of phosphoric acid groups is 1. The number of rotatable bonds is 38. The summed E-state index contributed by atoms with van der Waals surface area (Å²) in [5.74, 6) is -2.54. The van der Waals surface area contributed by atoms with Crippen LogP contribution in [0.3, 0.4) is 0 Å². The summed E-state index contributed by atoms with van der Waals surface area (Å²) in [7, 11) is -4.75. The zero-order chi connectivity index (χ0) is 43.2. The number of epoxide rings is 1. The van der Waals surface area contributed by atoms with Gasteiger partial charge in [-0.1, -0.05) is 131 Å². The maximum Gasteiger partial charge on any atom is 0.472 e. The van der Waals surface area contributed by atoms with E-state index in [0.29, 0.717) is 37.9 Å². The van der Waals surface area contributed by atoms with E-state index in [9.17, 15) is 23.8 Å². The molecule has 1 rings (SSSR count). The van der Waals surface area contributed by atoms with Crippen LogP contribution in [0.4, 0.5) is 0 Å². The lowest BCUT2D eigenvalue weighted by Gasteiger charge is -2.20. The predicted octanol–water partition coefficient (Wildman–Crippen LogP) is 10.5. The molecule has 334 valence electrons. The largest absolute Gasteiger partial charge is 0.480 e. The van der Waals surface area contributed by atoms with Crippen molar-refractivity contribution >= 4 is 25.7 Å². The Hall–Kier alpha value is -3.38. The lowest BCUT2D eigenvalue weighted by Crippen LogP contribution is -2.34. The van der Waals surface area contributed by atoms with E-state index in [-0.39, 0.29) is 12.8 Å². The van der Waals surface area contributed by atoms with Gasteiger partial charge in [-0.2, -0.15) is 0 Å². The molecule has 0 amide bonds. The van der Waals surface area contributed by atoms with Crippen LogP contribution >= 0.6 is 7.82 Å². The van der Waals surface area contributed by atoms with E-state index < -0.39 is 57.7 Å². The molecular formula is C46H74NO11P. The minimum absolute atomic E-state index is 0.0649. The second-order valence-electron chi connectivity index (χ2n) is 14.5. The van der Waals surface area contributed by atoms with Crippen LogP contribution in [0.5, 0.6) is 0 Å². The van der Waals surface area contributed by atoms with Crippen LogP contribution in [0, 0.1) is 0 Å². The van der Waals surface area contributed by atoms with Gasteiger partial charge in [0, 0.05) is 12.8 Å². The zero-order valence-electron chi connectivity index (χ0n) is 35.7. The number of carbonyl (C=O) groups is 3. The number of allylic oxidation sites excluding steroid dienone is 13. The number of hydrogen-bond acceptors (Lipinski definition) is 10. The molecule has 3 unspecified atom stereocenters. The number of phosphoric ester groups is 1. The Kier molecular flexibility index (Phi) is 33.2. The van der Waals surface area contributed by atoms with Gasteiger partial charge < -0.3 is 29.9 Å². The van der Waals surface area contributed by atoms with Gasteiger partial charge in [-0.3, -0.25) is 23.4 Å². The number of nitrogens with two attached hydrogens (primary N) is 1. The third kappa shape index (κ3) is 34.1. The van der Waals surface area contributed by atoms with Crippen molar-refractivity contribution in [2.24, 2.45) is 5.73 Å². The van der Waals surface area contributed by atoms with E-state index in [4.69, 9.17) is 29.6 Å². The molecule has 1 aliphatic rings. The predicted molar refractivity (Wildman–Crippen MR) is 235 cm³/mol. The number of carbonyl (C=O) groups excluding carboxylic acids is 2. The zero-order valence-corrected chi connectivity index (χ0v) is 36.6. The third-order valence-electron chi connectivity index (χ3n) is 9.04. The SMILES string of the molecule is CCCCC/C=C\C/C=C\C/C=C\C/C=C\CCCC(=O)OC[C@H](COP(=O)(O)OC[C@H](N)C(=O)O)OC(=O)CCC/C=C\C/C=C\C/C=C\CC1OC1CCCCC. The summed E-state index contributed by atoms with van der Waals surface area (Å²) in [5, 5.41) is 8.89. The van der Waals surface area contributed by atoms with Gasteiger partial charge in [-0.05, 0) is 83.5 Å². The molecule has 0 aromatic heterocycles. The first kappa shape index (κ1) is 53.6. The highest BCUT2D eigenvalue weighted by molar-refractivity contribution is 7.47. The van der Waals surface area contributed by atoms with Crippen molar-refractivity contribution in [2.75, 3.05) is 19.8 Å². The summed E-state index contributed by atoms with van der Waals surface area (Å²) in [5.41, 5.74) is 5.32. The highest BCUT2D eigenvalue weighted by atomic mass is 31.2. The van der Waals surface area contributed by atoms with Crippen LogP contribution < -0.4 is 5.73 Å². The third-order valence-corrected chi connectivity index (χ3v) is 9.99. The topological polar surface area (TPSA) is 184 Å². The second kappa shape index (κ2) is 36.5. The van der Waals surface area contributed by atoms with E-state index in [1.165, 1.54) is 44.9 Å². The summed E-state index contributed by atoms with van der Waals surface area (Å²) >= 11 is 0. The molecule has 0 aromatic rings. The highest BCUT2D eigenvalue weighted by Gasteiger charge is 2.36. The molecule has 0 aliphatic carbocycles. The van der Waals surface area contributed by atoms with Gasteiger partial charge in [0.2, 0.25) is 0 Å². The van der Waals surface area contributed by atoms with Gasteiger partial charge in [-0.15, -0.1) is 0 Å². The van der Waals surface area contributed by atoms with Crippen molar-refractivity contribution in [2.45, 2.75) is 167 Å². The fourth-order valence-corrected chi connectivity index (χ4v) is 6.27. The molecule has 0 spiro atoms. The van der Waals surface area contributed by atoms with Crippen LogP contribution in [-0.4, -0.2) is 72.1 Å². The fourth-order valence-electron chi connectivity index (χ4n) is 5.50. The average molecular weight is 848 g/mol. The Morgan fingerprint density at radius 1 is 0.627 bits per heavy atom. The first-order valence-electron chi connectivity index (χ1n) is 21.7. The van der Waals surface area contributed by atoms with Crippen molar-refractivity contribution < 1.29 is 52.2 Å². The number of ether oxygens (including phenoxy) is 3. The molecular weight excluding hydrogens is 773 g/mol. The summed E-state index contributed by atoms with van der Waals surface area (Å²) in [6, 6.07) is -1.54. The van der Waals surface area contributed by atoms with Crippen molar-refractivity contribution in [3.05, 3.63) is 85.1 Å². The van der Waals surface area contributed by atoms with E-state index in [2.05, 4.69) is 79.1 Å². The molecule has 1 saturated heterocycles. The highest BCUT2D eigenvalue weighted by Crippen LogP contribution is 2.43. The second-order valence-corrected chi connectivity index (χ2v) is 16.0. The van der Waals surface area contributed by atoms with Gasteiger partial charge in [0.1, 0.15) is 12.6 Å². The van der Waals surface area contributed by atoms with Crippen molar-refractivity contribution in [1.82, 2.24) is 0 Å². The number of hydrogen-bond donors (Lipinski definition) is 3. The Morgan fingerprint density at radius 3 is 1.64 bits per heavy atom. The van der Waals surface area contributed by atoms with Crippen LogP contribution in [0.25, 0.3) is 0 Å². The summed E-state index contributed by atoms with van der Waals surface area (Å²) in [4.78, 5) is 45.9. The van der Waals surface area contributed by atoms with Crippen LogP contribution in [0.15, 0.2) is 85.1 Å². The first-order valence-corrected chi connectivity index (χ1v) is 23.2. The fraction of sp³-hybridized carbons (Fsp3) is 0.630. The van der Waals surface area contributed by atoms with E-state index in [1.807, 2.05) is 24.3 Å². The molecule has 1 aliphatic heterocycles. The molecule has 13 heteroatoms. The lowest BCUT2D eigenvalue weighted by atomic mass is 10.1. The number of unbranched alkanes of at least 4 members (excludes halogenated alkanes) is 7. The Labute approximate surface area is 354 Å². The molecule has 5 atom stereocenters. The normalized spacial score (nSPS) is 18.0. The smallest absolute Gasteiger partial charge is 0.472 e. The molecule has 0 radical (unpaired) electrons. The Morgan fingerprint density at radius 2 is 1.10 bits per heavy atom. The van der Waals surface area contributed by atoms with Crippen LogP contribution in [0.2, 0.25) is 0 Å². The molecule has 59 heavy (non-hydrogen) atoms. The minimum atomic E-state index is -4.75. The number of carboxylic acids is 1.